The van der Waals surface area contributed by atoms with Crippen molar-refractivity contribution in [3.05, 3.63) is 52.8 Å². The molecular weight excluding hydrogens is 347 g/mol. The van der Waals surface area contributed by atoms with Gasteiger partial charge in [0.15, 0.2) is 11.5 Å². The highest BCUT2D eigenvalue weighted by molar-refractivity contribution is 6.30. The Hall–Kier alpha value is -2.31. The number of hydrogen-bond donors (Lipinski definition) is 1. The lowest BCUT2D eigenvalue weighted by Gasteiger charge is -2.24. The van der Waals surface area contributed by atoms with Gasteiger partial charge in [-0.3, -0.25) is 9.69 Å². The molecule has 1 N–H and O–H groups in total. The van der Waals surface area contributed by atoms with Gasteiger partial charge in [-0.15, -0.1) is 0 Å². The number of fused-ring (bicyclic) bond motifs is 1. The summed E-state index contributed by atoms with van der Waals surface area (Å²) in [7, 11) is 1.83. The number of benzene rings is 2. The highest BCUT2D eigenvalue weighted by Crippen LogP contribution is 2.32. The van der Waals surface area contributed by atoms with E-state index in [0.717, 1.165) is 17.4 Å². The van der Waals surface area contributed by atoms with Gasteiger partial charge in [-0.2, -0.15) is 0 Å². The van der Waals surface area contributed by atoms with Gasteiger partial charge >= 0.3 is 0 Å². The summed E-state index contributed by atoms with van der Waals surface area (Å²) in [4.78, 5) is 14.2. The first-order chi connectivity index (χ1) is 11.9. The van der Waals surface area contributed by atoms with Crippen LogP contribution < -0.4 is 14.8 Å². The maximum Gasteiger partial charge on any atom is 0.241 e. The van der Waals surface area contributed by atoms with Gasteiger partial charge in [-0.25, -0.2) is 4.39 Å². The van der Waals surface area contributed by atoms with Crippen molar-refractivity contribution in [2.75, 3.05) is 19.2 Å². The van der Waals surface area contributed by atoms with Crippen LogP contribution in [-0.4, -0.2) is 30.7 Å². The Morgan fingerprint density at radius 3 is 2.80 bits per heavy atom. The molecule has 1 amide bonds. The van der Waals surface area contributed by atoms with Crippen LogP contribution in [0.4, 0.5) is 10.1 Å². The summed E-state index contributed by atoms with van der Waals surface area (Å²) in [5, 5.41) is 2.87. The van der Waals surface area contributed by atoms with Crippen LogP contribution in [0.25, 0.3) is 0 Å². The standard InChI is InChI=1S/C18H18ClFN2O3/c1-11(18(23)21-15-5-4-13(19)8-14(15)20)22(2)9-12-3-6-16-17(7-12)25-10-24-16/h3-8,11H,9-10H2,1-2H3,(H,21,23). The lowest BCUT2D eigenvalue weighted by atomic mass is 10.1. The number of carbonyl (C=O) groups is 1. The molecule has 25 heavy (non-hydrogen) atoms. The molecule has 0 bridgehead atoms. The molecule has 1 aliphatic heterocycles. The molecule has 0 saturated carbocycles. The van der Waals surface area contributed by atoms with Crippen LogP contribution in [0.15, 0.2) is 36.4 Å². The van der Waals surface area contributed by atoms with Gasteiger partial charge in [-0.05, 0) is 49.9 Å². The highest BCUT2D eigenvalue weighted by atomic mass is 35.5. The molecule has 3 rings (SSSR count). The van der Waals surface area contributed by atoms with Crippen molar-refractivity contribution >= 4 is 23.2 Å². The summed E-state index contributed by atoms with van der Waals surface area (Å²) in [6, 6.07) is 9.34. The van der Waals surface area contributed by atoms with Gasteiger partial charge in [0, 0.05) is 11.6 Å². The van der Waals surface area contributed by atoms with Crippen molar-refractivity contribution in [1.29, 1.82) is 0 Å². The Kier molecular flexibility index (Phi) is 5.11. The fraction of sp³-hybridized carbons (Fsp3) is 0.278. The molecule has 132 valence electrons. The number of nitrogens with one attached hydrogen (secondary N) is 1. The van der Waals surface area contributed by atoms with Crippen molar-refractivity contribution in [1.82, 2.24) is 4.90 Å². The minimum atomic E-state index is -0.563. The molecule has 0 radical (unpaired) electrons. The Labute approximate surface area is 150 Å². The van der Waals surface area contributed by atoms with E-state index in [0.29, 0.717) is 12.3 Å². The van der Waals surface area contributed by atoms with Crippen LogP contribution in [0, 0.1) is 5.82 Å². The average molecular weight is 365 g/mol. The second-order valence-electron chi connectivity index (χ2n) is 5.89. The maximum atomic E-state index is 13.8. The van der Waals surface area contributed by atoms with Crippen LogP contribution in [0.2, 0.25) is 5.02 Å². The molecule has 1 heterocycles. The average Bonchev–Trinajstić information content (AvgIpc) is 3.04. The molecule has 0 aliphatic carbocycles. The molecule has 1 unspecified atom stereocenters. The third-order valence-corrected chi connectivity index (χ3v) is 4.33. The number of amides is 1. The second-order valence-corrected chi connectivity index (χ2v) is 6.33. The third kappa shape index (κ3) is 4.03. The molecule has 5 nitrogen and oxygen atoms in total. The molecule has 0 spiro atoms. The minimum Gasteiger partial charge on any atom is -0.454 e. The van der Waals surface area contributed by atoms with Crippen molar-refractivity contribution in [2.24, 2.45) is 0 Å². The van der Waals surface area contributed by atoms with E-state index in [1.807, 2.05) is 30.1 Å². The summed E-state index contributed by atoms with van der Waals surface area (Å²) >= 11 is 5.72. The zero-order valence-corrected chi connectivity index (χ0v) is 14.6. The first kappa shape index (κ1) is 17.5. The van der Waals surface area contributed by atoms with Crippen LogP contribution in [0.3, 0.4) is 0 Å². The molecule has 2 aromatic carbocycles. The number of carbonyl (C=O) groups excluding carboxylic acids is 1. The maximum absolute atomic E-state index is 13.8. The smallest absolute Gasteiger partial charge is 0.241 e. The molecule has 0 fully saturated rings. The third-order valence-electron chi connectivity index (χ3n) is 4.10. The first-order valence-electron chi connectivity index (χ1n) is 7.78. The predicted molar refractivity (Wildman–Crippen MR) is 93.5 cm³/mol. The minimum absolute atomic E-state index is 0.109. The highest BCUT2D eigenvalue weighted by Gasteiger charge is 2.21. The fourth-order valence-corrected chi connectivity index (χ4v) is 2.65. The van der Waals surface area contributed by atoms with Crippen molar-refractivity contribution in [3.63, 3.8) is 0 Å². The monoisotopic (exact) mass is 364 g/mol. The number of anilines is 1. The SMILES string of the molecule is CC(C(=O)Nc1ccc(Cl)cc1F)N(C)Cc1ccc2c(c1)OCO2. The summed E-state index contributed by atoms with van der Waals surface area (Å²) in [6.45, 7) is 2.52. The van der Waals surface area contributed by atoms with Gasteiger partial charge in [0.05, 0.1) is 11.7 Å². The van der Waals surface area contributed by atoms with E-state index in [2.05, 4.69) is 5.32 Å². The molecule has 7 heteroatoms. The van der Waals surface area contributed by atoms with Crippen LogP contribution >= 0.6 is 11.6 Å². The number of rotatable bonds is 5. The summed E-state index contributed by atoms with van der Waals surface area (Å²) in [5.74, 6) is 0.553. The lowest BCUT2D eigenvalue weighted by molar-refractivity contribution is -0.120. The Balaban J connectivity index is 1.63. The zero-order valence-electron chi connectivity index (χ0n) is 13.9. The van der Waals surface area contributed by atoms with E-state index in [-0.39, 0.29) is 23.4 Å². The number of ether oxygens (including phenoxy) is 2. The van der Waals surface area contributed by atoms with E-state index in [1.54, 1.807) is 6.92 Å². The quantitative estimate of drug-likeness (QED) is 0.879. The van der Waals surface area contributed by atoms with E-state index in [4.69, 9.17) is 21.1 Å². The zero-order chi connectivity index (χ0) is 18.0. The van der Waals surface area contributed by atoms with E-state index < -0.39 is 11.9 Å². The normalized spacial score (nSPS) is 13.8. The Morgan fingerprint density at radius 1 is 1.28 bits per heavy atom. The second kappa shape index (κ2) is 7.29. The fourth-order valence-electron chi connectivity index (χ4n) is 2.49. The van der Waals surface area contributed by atoms with Crippen molar-refractivity contribution in [2.45, 2.75) is 19.5 Å². The summed E-state index contributed by atoms with van der Waals surface area (Å²) in [5.41, 5.74) is 1.10. The van der Waals surface area contributed by atoms with E-state index in [1.165, 1.54) is 12.1 Å². The molecule has 2 aromatic rings. The number of halogens is 2. The predicted octanol–water partition coefficient (Wildman–Crippen LogP) is 3.67. The molecule has 0 aromatic heterocycles. The van der Waals surface area contributed by atoms with Crippen LogP contribution in [-0.2, 0) is 11.3 Å². The molecular formula is C18H18ClFN2O3. The number of nitrogens with zero attached hydrogens (tertiary/aromatic N) is 1. The topological polar surface area (TPSA) is 50.8 Å². The molecule has 1 aliphatic rings. The summed E-state index contributed by atoms with van der Waals surface area (Å²) < 4.78 is 24.5. The van der Waals surface area contributed by atoms with Gasteiger partial charge < -0.3 is 14.8 Å². The lowest BCUT2D eigenvalue weighted by Crippen LogP contribution is -2.39. The van der Waals surface area contributed by atoms with E-state index >= 15 is 0 Å². The Bertz CT molecular complexity index is 800. The van der Waals surface area contributed by atoms with Gasteiger partial charge in [-0.1, -0.05) is 17.7 Å². The van der Waals surface area contributed by atoms with Gasteiger partial charge in [0.2, 0.25) is 12.7 Å². The Morgan fingerprint density at radius 2 is 2.04 bits per heavy atom. The number of likely N-dealkylation sites (N-methyl/N-ethyl adjacent to an activating group) is 1. The van der Waals surface area contributed by atoms with Crippen LogP contribution in [0.1, 0.15) is 12.5 Å². The van der Waals surface area contributed by atoms with Crippen molar-refractivity contribution < 1.29 is 18.7 Å². The van der Waals surface area contributed by atoms with Crippen LogP contribution in [0.5, 0.6) is 11.5 Å². The first-order valence-corrected chi connectivity index (χ1v) is 8.16. The van der Waals surface area contributed by atoms with Crippen molar-refractivity contribution in [3.8, 4) is 11.5 Å². The van der Waals surface area contributed by atoms with Gasteiger partial charge in [0.25, 0.3) is 0 Å². The number of hydrogen-bond acceptors (Lipinski definition) is 4. The molecule has 0 saturated heterocycles. The molecule has 1 atom stereocenters. The van der Waals surface area contributed by atoms with Gasteiger partial charge in [0.1, 0.15) is 5.82 Å². The largest absolute Gasteiger partial charge is 0.454 e. The van der Waals surface area contributed by atoms with E-state index in [9.17, 15) is 9.18 Å². The summed E-state index contributed by atoms with van der Waals surface area (Å²) in [6.07, 6.45) is 0.